The van der Waals surface area contributed by atoms with Gasteiger partial charge in [-0.2, -0.15) is 5.26 Å². The summed E-state index contributed by atoms with van der Waals surface area (Å²) < 4.78 is 14.6. The van der Waals surface area contributed by atoms with Crippen molar-refractivity contribution in [2.75, 3.05) is 0 Å². The highest BCUT2D eigenvalue weighted by Crippen LogP contribution is 2.32. The molecule has 0 saturated heterocycles. The van der Waals surface area contributed by atoms with E-state index >= 15 is 0 Å². The number of halogens is 2. The van der Waals surface area contributed by atoms with Crippen LogP contribution in [0.2, 0.25) is 0 Å². The van der Waals surface area contributed by atoms with Gasteiger partial charge >= 0.3 is 0 Å². The van der Waals surface area contributed by atoms with E-state index in [1.807, 2.05) is 17.5 Å². The molecule has 1 aromatic carbocycles. The van der Waals surface area contributed by atoms with Gasteiger partial charge in [0.15, 0.2) is 5.82 Å². The molecule has 13 heavy (non-hydrogen) atoms. The molecule has 0 saturated carbocycles. The van der Waals surface area contributed by atoms with Crippen molar-refractivity contribution in [1.29, 1.82) is 5.26 Å². The quantitative estimate of drug-likeness (QED) is 0.705. The van der Waals surface area contributed by atoms with E-state index in [4.69, 9.17) is 5.26 Å². The van der Waals surface area contributed by atoms with Crippen LogP contribution >= 0.6 is 27.3 Å². The molecule has 2 rings (SSSR count). The Bertz CT molecular complexity index is 512. The SMILES string of the molecule is N#Cc1cc2sccc2c(Br)c1F. The van der Waals surface area contributed by atoms with E-state index in [1.165, 1.54) is 11.3 Å². The lowest BCUT2D eigenvalue weighted by atomic mass is 10.2. The zero-order valence-corrected chi connectivity index (χ0v) is 8.75. The second-order valence-electron chi connectivity index (χ2n) is 2.50. The standard InChI is InChI=1S/C9H3BrFNS/c10-8-6-1-2-13-7(6)3-5(4-12)9(8)11/h1-3H. The van der Waals surface area contributed by atoms with Crippen molar-refractivity contribution in [3.05, 3.63) is 33.4 Å². The first-order chi connectivity index (χ1) is 6.24. The Morgan fingerprint density at radius 2 is 2.31 bits per heavy atom. The first-order valence-corrected chi connectivity index (χ1v) is 5.16. The summed E-state index contributed by atoms with van der Waals surface area (Å²) in [5.41, 5.74) is 0.0850. The summed E-state index contributed by atoms with van der Waals surface area (Å²) in [5.74, 6) is -0.478. The first kappa shape index (κ1) is 8.67. The maximum Gasteiger partial charge on any atom is 0.155 e. The number of fused-ring (bicyclic) bond motifs is 1. The van der Waals surface area contributed by atoms with Crippen LogP contribution in [0.5, 0.6) is 0 Å². The molecule has 0 fully saturated rings. The molecule has 2 aromatic rings. The van der Waals surface area contributed by atoms with Crippen LogP contribution in [0.4, 0.5) is 4.39 Å². The van der Waals surface area contributed by atoms with E-state index in [0.717, 1.165) is 10.1 Å². The number of hydrogen-bond acceptors (Lipinski definition) is 2. The van der Waals surface area contributed by atoms with Gasteiger partial charge in [0, 0.05) is 10.1 Å². The molecular formula is C9H3BrFNS. The third-order valence-corrected chi connectivity index (χ3v) is 3.40. The molecule has 0 amide bonds. The van der Waals surface area contributed by atoms with E-state index in [-0.39, 0.29) is 5.56 Å². The van der Waals surface area contributed by atoms with Crippen LogP contribution in [0.15, 0.2) is 22.0 Å². The van der Waals surface area contributed by atoms with Gasteiger partial charge in [-0.05, 0) is 33.4 Å². The summed E-state index contributed by atoms with van der Waals surface area (Å²) in [6, 6.07) is 5.22. The van der Waals surface area contributed by atoms with E-state index in [9.17, 15) is 4.39 Å². The molecule has 4 heteroatoms. The maximum atomic E-state index is 13.3. The van der Waals surface area contributed by atoms with Crippen LogP contribution in [-0.4, -0.2) is 0 Å². The highest BCUT2D eigenvalue weighted by atomic mass is 79.9. The van der Waals surface area contributed by atoms with E-state index < -0.39 is 5.82 Å². The smallest absolute Gasteiger partial charge is 0.155 e. The minimum atomic E-state index is -0.478. The van der Waals surface area contributed by atoms with E-state index in [0.29, 0.717) is 4.47 Å². The second kappa shape index (κ2) is 3.09. The molecule has 1 nitrogen and oxygen atoms in total. The Balaban J connectivity index is 2.94. The fourth-order valence-electron chi connectivity index (χ4n) is 1.13. The van der Waals surface area contributed by atoms with Crippen molar-refractivity contribution in [2.24, 2.45) is 0 Å². The zero-order chi connectivity index (χ0) is 9.42. The number of benzene rings is 1. The van der Waals surface area contributed by atoms with Crippen LogP contribution in [0, 0.1) is 17.1 Å². The predicted molar refractivity (Wildman–Crippen MR) is 54.2 cm³/mol. The van der Waals surface area contributed by atoms with Crippen LogP contribution in [-0.2, 0) is 0 Å². The lowest BCUT2D eigenvalue weighted by Crippen LogP contribution is -1.84. The average molecular weight is 256 g/mol. The van der Waals surface area contributed by atoms with Gasteiger partial charge in [-0.15, -0.1) is 11.3 Å². The lowest BCUT2D eigenvalue weighted by molar-refractivity contribution is 0.619. The molecule has 0 radical (unpaired) electrons. The molecule has 0 unspecified atom stereocenters. The van der Waals surface area contributed by atoms with Gasteiger partial charge in [0.2, 0.25) is 0 Å². The Morgan fingerprint density at radius 3 is 3.00 bits per heavy atom. The summed E-state index contributed by atoms with van der Waals surface area (Å²) in [7, 11) is 0. The summed E-state index contributed by atoms with van der Waals surface area (Å²) in [6.45, 7) is 0. The molecular weight excluding hydrogens is 253 g/mol. The monoisotopic (exact) mass is 255 g/mol. The summed E-state index contributed by atoms with van der Waals surface area (Å²) in [5, 5.41) is 11.3. The lowest BCUT2D eigenvalue weighted by Gasteiger charge is -1.98. The number of hydrogen-bond donors (Lipinski definition) is 0. The molecule has 0 bridgehead atoms. The van der Waals surface area contributed by atoms with Crippen molar-refractivity contribution in [2.45, 2.75) is 0 Å². The van der Waals surface area contributed by atoms with Crippen molar-refractivity contribution in [3.8, 4) is 6.07 Å². The van der Waals surface area contributed by atoms with Gasteiger partial charge in [0.05, 0.1) is 10.0 Å². The molecule has 0 aliphatic rings. The highest BCUT2D eigenvalue weighted by Gasteiger charge is 2.11. The van der Waals surface area contributed by atoms with Crippen LogP contribution in [0.25, 0.3) is 10.1 Å². The third-order valence-electron chi connectivity index (χ3n) is 1.76. The molecule has 0 aliphatic heterocycles. The number of thiophene rings is 1. The van der Waals surface area contributed by atoms with Crippen molar-refractivity contribution in [3.63, 3.8) is 0 Å². The Morgan fingerprint density at radius 1 is 1.54 bits per heavy atom. The second-order valence-corrected chi connectivity index (χ2v) is 4.24. The normalized spacial score (nSPS) is 10.2. The summed E-state index contributed by atoms with van der Waals surface area (Å²) in [6.07, 6.45) is 0. The van der Waals surface area contributed by atoms with Crippen molar-refractivity contribution >= 4 is 37.4 Å². The number of nitriles is 1. The van der Waals surface area contributed by atoms with Crippen LogP contribution in [0.1, 0.15) is 5.56 Å². The van der Waals surface area contributed by atoms with Crippen molar-refractivity contribution in [1.82, 2.24) is 0 Å². The zero-order valence-electron chi connectivity index (χ0n) is 6.34. The van der Waals surface area contributed by atoms with E-state index in [2.05, 4.69) is 15.9 Å². The largest absolute Gasteiger partial charge is 0.204 e. The van der Waals surface area contributed by atoms with Crippen LogP contribution in [0.3, 0.4) is 0 Å². The Labute approximate surface area is 86.5 Å². The van der Waals surface area contributed by atoms with Gasteiger partial charge in [-0.25, -0.2) is 4.39 Å². The molecule has 64 valence electrons. The average Bonchev–Trinajstić information content (AvgIpc) is 2.59. The Kier molecular flexibility index (Phi) is 2.06. The molecule has 1 aromatic heterocycles. The first-order valence-electron chi connectivity index (χ1n) is 3.49. The third kappa shape index (κ3) is 1.25. The maximum absolute atomic E-state index is 13.3. The summed E-state index contributed by atoms with van der Waals surface area (Å²) >= 11 is 4.62. The fraction of sp³-hybridized carbons (Fsp3) is 0. The minimum absolute atomic E-state index is 0.0850. The topological polar surface area (TPSA) is 23.8 Å². The van der Waals surface area contributed by atoms with Gasteiger partial charge in [-0.1, -0.05) is 0 Å². The number of nitrogens with zero attached hydrogens (tertiary/aromatic N) is 1. The molecule has 0 aliphatic carbocycles. The molecule has 0 N–H and O–H groups in total. The van der Waals surface area contributed by atoms with Gasteiger partial charge in [-0.3, -0.25) is 0 Å². The van der Waals surface area contributed by atoms with Crippen LogP contribution < -0.4 is 0 Å². The van der Waals surface area contributed by atoms with E-state index in [1.54, 1.807) is 6.07 Å². The summed E-state index contributed by atoms with van der Waals surface area (Å²) in [4.78, 5) is 0. The van der Waals surface area contributed by atoms with Crippen molar-refractivity contribution < 1.29 is 4.39 Å². The van der Waals surface area contributed by atoms with Gasteiger partial charge in [0.1, 0.15) is 6.07 Å². The van der Waals surface area contributed by atoms with Gasteiger partial charge in [0.25, 0.3) is 0 Å². The van der Waals surface area contributed by atoms with Gasteiger partial charge < -0.3 is 0 Å². The Hall–Kier alpha value is -0.920. The molecule has 0 atom stereocenters. The minimum Gasteiger partial charge on any atom is -0.204 e. The molecule has 0 spiro atoms. The molecule has 1 heterocycles. The number of rotatable bonds is 0. The highest BCUT2D eigenvalue weighted by molar-refractivity contribution is 9.10. The fourth-order valence-corrected chi connectivity index (χ4v) is 2.65. The predicted octanol–water partition coefficient (Wildman–Crippen LogP) is 3.67.